The molecule has 0 bridgehead atoms. The first-order valence-corrected chi connectivity index (χ1v) is 13.8. The standard InChI is InChI=1S/C29H42N6O/c1-4-5-21(2)31-29-30-18-26-27(20-35(28(26)32-29)24-10-12-25(36)13-11-24)23-8-6-22(7-9-23)19-34-16-14-33(3)15-17-34/h6-9,18,20-21,24-25,36H,4-5,10-17,19H2,1-3H3,(H,30,31,32)/t21-,24?,25?/m1/s1. The average Bonchev–Trinajstić information content (AvgIpc) is 3.25. The van der Waals surface area contributed by atoms with E-state index in [0.717, 1.165) is 82.3 Å². The van der Waals surface area contributed by atoms with E-state index >= 15 is 0 Å². The first-order chi connectivity index (χ1) is 17.5. The molecule has 0 amide bonds. The minimum atomic E-state index is -0.169. The molecule has 1 aliphatic carbocycles. The summed E-state index contributed by atoms with van der Waals surface area (Å²) in [7, 11) is 2.20. The number of nitrogens with one attached hydrogen (secondary N) is 1. The minimum absolute atomic E-state index is 0.169. The second kappa shape index (κ2) is 11.3. The number of piperazine rings is 1. The van der Waals surface area contributed by atoms with Crippen LogP contribution in [0.1, 0.15) is 64.0 Å². The van der Waals surface area contributed by atoms with E-state index in [1.54, 1.807) is 0 Å². The number of nitrogens with zero attached hydrogens (tertiary/aromatic N) is 5. The molecule has 7 heteroatoms. The number of aliphatic hydroxyl groups excluding tert-OH is 1. The van der Waals surface area contributed by atoms with Crippen molar-refractivity contribution in [2.75, 3.05) is 38.5 Å². The van der Waals surface area contributed by atoms with Gasteiger partial charge in [0.05, 0.1) is 6.10 Å². The molecule has 3 heterocycles. The van der Waals surface area contributed by atoms with Crippen molar-refractivity contribution in [3.8, 4) is 11.1 Å². The van der Waals surface area contributed by atoms with Gasteiger partial charge < -0.3 is 19.9 Å². The van der Waals surface area contributed by atoms with Crippen molar-refractivity contribution in [1.82, 2.24) is 24.3 Å². The van der Waals surface area contributed by atoms with Gasteiger partial charge in [0.2, 0.25) is 5.95 Å². The quantitative estimate of drug-likeness (QED) is 0.467. The van der Waals surface area contributed by atoms with E-state index in [1.807, 2.05) is 6.20 Å². The molecule has 0 radical (unpaired) electrons. The van der Waals surface area contributed by atoms with Gasteiger partial charge in [-0.2, -0.15) is 4.98 Å². The predicted octanol–water partition coefficient (Wildman–Crippen LogP) is 4.92. The molecule has 36 heavy (non-hydrogen) atoms. The number of rotatable bonds is 8. The van der Waals surface area contributed by atoms with E-state index in [4.69, 9.17) is 9.97 Å². The average molecular weight is 491 g/mol. The predicted molar refractivity (Wildman–Crippen MR) is 147 cm³/mol. The van der Waals surface area contributed by atoms with Gasteiger partial charge in [-0.05, 0) is 57.2 Å². The van der Waals surface area contributed by atoms with Gasteiger partial charge in [-0.3, -0.25) is 4.90 Å². The highest BCUT2D eigenvalue weighted by Crippen LogP contribution is 2.37. The Balaban J connectivity index is 1.42. The van der Waals surface area contributed by atoms with Crippen LogP contribution in [0, 0.1) is 0 Å². The Bertz CT molecular complexity index is 1130. The lowest BCUT2D eigenvalue weighted by Gasteiger charge is -2.32. The summed E-state index contributed by atoms with van der Waals surface area (Å²) in [6, 6.07) is 9.76. The highest BCUT2D eigenvalue weighted by Gasteiger charge is 2.24. The molecule has 7 nitrogen and oxygen atoms in total. The van der Waals surface area contributed by atoms with Crippen molar-refractivity contribution in [2.24, 2.45) is 0 Å². The molecule has 2 aliphatic rings. The van der Waals surface area contributed by atoms with Crippen LogP contribution < -0.4 is 5.32 Å². The summed E-state index contributed by atoms with van der Waals surface area (Å²) in [4.78, 5) is 14.6. The van der Waals surface area contributed by atoms with Crippen molar-refractivity contribution in [3.63, 3.8) is 0 Å². The normalized spacial score (nSPS) is 22.7. The summed E-state index contributed by atoms with van der Waals surface area (Å²) < 4.78 is 2.35. The second-order valence-corrected chi connectivity index (χ2v) is 11.0. The molecule has 3 aromatic rings. The Kier molecular flexibility index (Phi) is 7.89. The Morgan fingerprint density at radius 1 is 1.06 bits per heavy atom. The maximum Gasteiger partial charge on any atom is 0.224 e. The summed E-state index contributed by atoms with van der Waals surface area (Å²) in [6.07, 6.45) is 9.98. The van der Waals surface area contributed by atoms with Crippen molar-refractivity contribution < 1.29 is 5.11 Å². The molecule has 0 spiro atoms. The van der Waals surface area contributed by atoms with E-state index in [9.17, 15) is 5.11 Å². The topological polar surface area (TPSA) is 69.5 Å². The van der Waals surface area contributed by atoms with Gasteiger partial charge >= 0.3 is 0 Å². The number of aromatic nitrogens is 3. The first-order valence-electron chi connectivity index (χ1n) is 13.8. The van der Waals surface area contributed by atoms with Crippen LogP contribution in [0.15, 0.2) is 36.7 Å². The van der Waals surface area contributed by atoms with Gasteiger partial charge in [0.15, 0.2) is 0 Å². The van der Waals surface area contributed by atoms with Crippen LogP contribution in [0.4, 0.5) is 5.95 Å². The van der Waals surface area contributed by atoms with Gasteiger partial charge in [-0.15, -0.1) is 0 Å². The maximum atomic E-state index is 10.1. The van der Waals surface area contributed by atoms with Crippen LogP contribution in [0.3, 0.4) is 0 Å². The highest BCUT2D eigenvalue weighted by molar-refractivity contribution is 5.94. The number of fused-ring (bicyclic) bond motifs is 1. The minimum Gasteiger partial charge on any atom is -0.393 e. The first kappa shape index (κ1) is 25.2. The fourth-order valence-corrected chi connectivity index (χ4v) is 5.72. The number of hydrogen-bond donors (Lipinski definition) is 2. The van der Waals surface area contributed by atoms with Gasteiger partial charge in [-0.25, -0.2) is 4.98 Å². The molecule has 194 valence electrons. The third-order valence-electron chi connectivity index (χ3n) is 8.00. The van der Waals surface area contributed by atoms with Crippen molar-refractivity contribution in [1.29, 1.82) is 0 Å². The molecule has 1 saturated carbocycles. The third kappa shape index (κ3) is 5.74. The summed E-state index contributed by atoms with van der Waals surface area (Å²) in [5.41, 5.74) is 4.76. The molecule has 1 atom stereocenters. The molecule has 5 rings (SSSR count). The van der Waals surface area contributed by atoms with E-state index in [0.29, 0.717) is 18.0 Å². The molecule has 1 aromatic carbocycles. The van der Waals surface area contributed by atoms with Crippen LogP contribution in [0.25, 0.3) is 22.2 Å². The second-order valence-electron chi connectivity index (χ2n) is 11.0. The lowest BCUT2D eigenvalue weighted by Crippen LogP contribution is -2.43. The zero-order chi connectivity index (χ0) is 25.1. The lowest BCUT2D eigenvalue weighted by molar-refractivity contribution is 0.111. The fourth-order valence-electron chi connectivity index (χ4n) is 5.72. The van der Waals surface area contributed by atoms with E-state index in [1.165, 1.54) is 16.7 Å². The van der Waals surface area contributed by atoms with Crippen LogP contribution in [-0.2, 0) is 6.54 Å². The lowest BCUT2D eigenvalue weighted by atomic mass is 9.93. The Labute approximate surface area is 215 Å². The molecule has 2 N–H and O–H groups in total. The summed E-state index contributed by atoms with van der Waals surface area (Å²) in [5.74, 6) is 0.702. The van der Waals surface area contributed by atoms with Crippen LogP contribution >= 0.6 is 0 Å². The van der Waals surface area contributed by atoms with Gasteiger partial charge in [0.1, 0.15) is 5.65 Å². The van der Waals surface area contributed by atoms with Crippen LogP contribution in [-0.4, -0.2) is 74.8 Å². The SMILES string of the molecule is CCC[C@@H](C)Nc1ncc2c(-c3ccc(CN4CCN(C)CC4)cc3)cn(C3CCC(O)CC3)c2n1. The molecule has 2 aromatic heterocycles. The molecule has 2 fully saturated rings. The molecule has 0 unspecified atom stereocenters. The fraction of sp³-hybridized carbons (Fsp3) is 0.586. The monoisotopic (exact) mass is 490 g/mol. The number of likely N-dealkylation sites (N-methyl/N-ethyl adjacent to an activating group) is 1. The molecule has 1 aliphatic heterocycles. The van der Waals surface area contributed by atoms with Crippen molar-refractivity contribution >= 4 is 17.0 Å². The molecular weight excluding hydrogens is 448 g/mol. The number of anilines is 1. The maximum absolute atomic E-state index is 10.1. The van der Waals surface area contributed by atoms with Gasteiger partial charge in [0.25, 0.3) is 0 Å². The van der Waals surface area contributed by atoms with E-state index < -0.39 is 0 Å². The Morgan fingerprint density at radius 3 is 2.47 bits per heavy atom. The third-order valence-corrected chi connectivity index (χ3v) is 8.00. The number of aliphatic hydroxyl groups is 1. The van der Waals surface area contributed by atoms with Crippen molar-refractivity contribution in [2.45, 2.75) is 77.1 Å². The summed E-state index contributed by atoms with van der Waals surface area (Å²) in [6.45, 7) is 9.95. The molecule has 1 saturated heterocycles. The van der Waals surface area contributed by atoms with Crippen LogP contribution in [0.2, 0.25) is 0 Å². The number of hydrogen-bond acceptors (Lipinski definition) is 6. The Morgan fingerprint density at radius 2 is 1.78 bits per heavy atom. The van der Waals surface area contributed by atoms with Gasteiger partial charge in [0, 0.05) is 68.2 Å². The van der Waals surface area contributed by atoms with E-state index in [-0.39, 0.29) is 6.10 Å². The number of benzene rings is 1. The van der Waals surface area contributed by atoms with Crippen LogP contribution in [0.5, 0.6) is 0 Å². The van der Waals surface area contributed by atoms with Crippen molar-refractivity contribution in [3.05, 3.63) is 42.2 Å². The summed E-state index contributed by atoms with van der Waals surface area (Å²) >= 11 is 0. The molecular formula is C29H42N6O. The zero-order valence-corrected chi connectivity index (χ0v) is 22.2. The highest BCUT2D eigenvalue weighted by atomic mass is 16.3. The Hall–Kier alpha value is -2.48. The zero-order valence-electron chi connectivity index (χ0n) is 22.2. The van der Waals surface area contributed by atoms with Gasteiger partial charge in [-0.1, -0.05) is 37.6 Å². The summed E-state index contributed by atoms with van der Waals surface area (Å²) in [5, 5.41) is 14.7. The smallest absolute Gasteiger partial charge is 0.224 e. The largest absolute Gasteiger partial charge is 0.393 e. The van der Waals surface area contributed by atoms with E-state index in [2.05, 4.69) is 71.0 Å².